The molecule has 6 heteroatoms. The molecule has 0 radical (unpaired) electrons. The van der Waals surface area contributed by atoms with Gasteiger partial charge in [-0.05, 0) is 46.7 Å². The molecule has 0 amide bonds. The molecule has 42 heavy (non-hydrogen) atoms. The maximum absolute atomic E-state index is 4.97. The van der Waals surface area contributed by atoms with Crippen molar-refractivity contribution in [2.75, 3.05) is 0 Å². The SMILES string of the molecule is Cc1c(-c2ccc(-c3nc(-c4ccc5ccccc5c4)nc(-c4ccc5ccccc5c4)n3)cc2)nc2ccncn12. The van der Waals surface area contributed by atoms with Crippen LogP contribution in [0.2, 0.25) is 0 Å². The summed E-state index contributed by atoms with van der Waals surface area (Å²) < 4.78 is 2.00. The Kier molecular flexibility index (Phi) is 5.57. The molecule has 198 valence electrons. The van der Waals surface area contributed by atoms with Gasteiger partial charge in [-0.2, -0.15) is 0 Å². The summed E-state index contributed by atoms with van der Waals surface area (Å²) in [5.74, 6) is 1.90. The van der Waals surface area contributed by atoms with Crippen LogP contribution in [0.4, 0.5) is 0 Å². The fourth-order valence-electron chi connectivity index (χ4n) is 5.48. The van der Waals surface area contributed by atoms with E-state index in [-0.39, 0.29) is 0 Å². The van der Waals surface area contributed by atoms with Crippen molar-refractivity contribution in [3.05, 3.63) is 133 Å². The number of aryl methyl sites for hydroxylation is 1. The Morgan fingerprint density at radius 3 is 1.55 bits per heavy atom. The molecule has 0 saturated carbocycles. The summed E-state index contributed by atoms with van der Waals surface area (Å²) in [5.41, 5.74) is 6.68. The van der Waals surface area contributed by atoms with Crippen LogP contribution >= 0.6 is 0 Å². The normalized spacial score (nSPS) is 11.5. The summed E-state index contributed by atoms with van der Waals surface area (Å²) in [5, 5.41) is 4.65. The Balaban J connectivity index is 1.26. The molecular weight excluding hydrogens is 516 g/mol. The van der Waals surface area contributed by atoms with Crippen molar-refractivity contribution in [1.29, 1.82) is 0 Å². The van der Waals surface area contributed by atoms with E-state index in [0.29, 0.717) is 17.5 Å². The topological polar surface area (TPSA) is 68.9 Å². The highest BCUT2D eigenvalue weighted by molar-refractivity contribution is 5.88. The van der Waals surface area contributed by atoms with Crippen LogP contribution in [-0.4, -0.2) is 29.3 Å². The maximum Gasteiger partial charge on any atom is 0.164 e. The number of hydrogen-bond acceptors (Lipinski definition) is 5. The molecule has 0 aliphatic carbocycles. The Labute approximate surface area is 242 Å². The molecule has 0 aliphatic rings. The van der Waals surface area contributed by atoms with Gasteiger partial charge in [-0.1, -0.05) is 97.1 Å². The average Bonchev–Trinajstić information content (AvgIpc) is 3.40. The third-order valence-corrected chi connectivity index (χ3v) is 7.74. The molecule has 6 nitrogen and oxygen atoms in total. The maximum atomic E-state index is 4.97. The van der Waals surface area contributed by atoms with Gasteiger partial charge in [-0.15, -0.1) is 0 Å². The Morgan fingerprint density at radius 1 is 0.476 bits per heavy atom. The second-order valence-corrected chi connectivity index (χ2v) is 10.4. The third kappa shape index (κ3) is 4.17. The second-order valence-electron chi connectivity index (χ2n) is 10.4. The van der Waals surface area contributed by atoms with Gasteiger partial charge in [0.15, 0.2) is 17.5 Å². The summed E-state index contributed by atoms with van der Waals surface area (Å²) in [6.07, 6.45) is 3.55. The zero-order chi connectivity index (χ0) is 28.0. The lowest BCUT2D eigenvalue weighted by Crippen LogP contribution is -2.00. The number of fused-ring (bicyclic) bond motifs is 3. The number of benzene rings is 5. The predicted molar refractivity (Wildman–Crippen MR) is 168 cm³/mol. The van der Waals surface area contributed by atoms with Gasteiger partial charge in [0, 0.05) is 34.1 Å². The molecule has 8 rings (SSSR count). The van der Waals surface area contributed by atoms with Crippen molar-refractivity contribution < 1.29 is 0 Å². The fraction of sp³-hybridized carbons (Fsp3) is 0.0278. The van der Waals surface area contributed by atoms with E-state index in [0.717, 1.165) is 50.1 Å². The van der Waals surface area contributed by atoms with Crippen LogP contribution in [0, 0.1) is 6.92 Å². The van der Waals surface area contributed by atoms with Crippen LogP contribution in [-0.2, 0) is 0 Å². The van der Waals surface area contributed by atoms with Crippen molar-refractivity contribution in [3.8, 4) is 45.4 Å². The van der Waals surface area contributed by atoms with Crippen LogP contribution in [0.3, 0.4) is 0 Å². The van der Waals surface area contributed by atoms with Crippen LogP contribution < -0.4 is 0 Å². The van der Waals surface area contributed by atoms with E-state index in [9.17, 15) is 0 Å². The van der Waals surface area contributed by atoms with Crippen molar-refractivity contribution in [3.63, 3.8) is 0 Å². The van der Waals surface area contributed by atoms with Crippen LogP contribution in [0.1, 0.15) is 5.69 Å². The molecule has 8 aromatic rings. The highest BCUT2D eigenvalue weighted by Gasteiger charge is 2.15. The number of rotatable bonds is 4. The molecule has 0 N–H and O–H groups in total. The highest BCUT2D eigenvalue weighted by atomic mass is 15.1. The van der Waals surface area contributed by atoms with E-state index in [1.807, 2.05) is 22.6 Å². The quantitative estimate of drug-likeness (QED) is 0.225. The van der Waals surface area contributed by atoms with E-state index in [1.54, 1.807) is 12.5 Å². The number of hydrogen-bond donors (Lipinski definition) is 0. The largest absolute Gasteiger partial charge is 0.287 e. The van der Waals surface area contributed by atoms with Gasteiger partial charge >= 0.3 is 0 Å². The molecule has 0 unspecified atom stereocenters. The van der Waals surface area contributed by atoms with Gasteiger partial charge in [-0.3, -0.25) is 4.40 Å². The van der Waals surface area contributed by atoms with E-state index in [1.165, 1.54) is 10.8 Å². The number of nitrogens with zero attached hydrogens (tertiary/aromatic N) is 6. The first-order chi connectivity index (χ1) is 20.7. The first kappa shape index (κ1) is 24.1. The molecule has 0 saturated heterocycles. The zero-order valence-corrected chi connectivity index (χ0v) is 22.8. The van der Waals surface area contributed by atoms with Crippen LogP contribution in [0.15, 0.2) is 128 Å². The molecule has 0 atom stereocenters. The summed E-state index contributed by atoms with van der Waals surface area (Å²) >= 11 is 0. The monoisotopic (exact) mass is 540 g/mol. The smallest absolute Gasteiger partial charge is 0.164 e. The molecule has 0 bridgehead atoms. The van der Waals surface area contributed by atoms with Crippen molar-refractivity contribution in [2.24, 2.45) is 0 Å². The standard InChI is InChI=1S/C36H24N6/c1-23-33(38-32-18-19-37-22-42(23)32)26-12-14-27(15-13-26)34-39-35(30-16-10-24-6-2-4-8-28(24)20-30)41-36(40-34)31-17-11-25-7-3-5-9-29(25)21-31/h2-22H,1H3. The van der Waals surface area contributed by atoms with Gasteiger partial charge in [0.25, 0.3) is 0 Å². The van der Waals surface area contributed by atoms with Crippen molar-refractivity contribution in [1.82, 2.24) is 29.3 Å². The minimum Gasteiger partial charge on any atom is -0.287 e. The van der Waals surface area contributed by atoms with E-state index in [2.05, 4.69) is 109 Å². The lowest BCUT2D eigenvalue weighted by atomic mass is 10.0. The van der Waals surface area contributed by atoms with Crippen LogP contribution in [0.25, 0.3) is 72.6 Å². The minimum atomic E-state index is 0.624. The summed E-state index contributed by atoms with van der Waals surface area (Å²) in [6.45, 7) is 2.06. The first-order valence-electron chi connectivity index (χ1n) is 13.8. The summed E-state index contributed by atoms with van der Waals surface area (Å²) in [7, 11) is 0. The van der Waals surface area contributed by atoms with E-state index < -0.39 is 0 Å². The molecule has 0 aliphatic heterocycles. The predicted octanol–water partition coefficient (Wildman–Crippen LogP) is 8.20. The molecule has 5 aromatic carbocycles. The number of aromatic nitrogens is 6. The summed E-state index contributed by atoms with van der Waals surface area (Å²) in [6, 6.07) is 39.5. The van der Waals surface area contributed by atoms with Gasteiger partial charge in [-0.25, -0.2) is 24.9 Å². The average molecular weight is 541 g/mol. The molecule has 0 fully saturated rings. The lowest BCUT2D eigenvalue weighted by molar-refractivity contribution is 1.04. The van der Waals surface area contributed by atoms with E-state index in [4.69, 9.17) is 19.9 Å². The number of imidazole rings is 1. The van der Waals surface area contributed by atoms with Gasteiger partial charge < -0.3 is 0 Å². The van der Waals surface area contributed by atoms with E-state index >= 15 is 0 Å². The Morgan fingerprint density at radius 2 is 0.976 bits per heavy atom. The second kappa shape index (κ2) is 9.71. The molecule has 3 heterocycles. The van der Waals surface area contributed by atoms with Crippen molar-refractivity contribution in [2.45, 2.75) is 6.92 Å². The van der Waals surface area contributed by atoms with Crippen molar-refractivity contribution >= 4 is 27.2 Å². The zero-order valence-electron chi connectivity index (χ0n) is 22.8. The summed E-state index contributed by atoms with van der Waals surface area (Å²) in [4.78, 5) is 24.0. The minimum absolute atomic E-state index is 0.624. The molecular formula is C36H24N6. The Bertz CT molecular complexity index is 2170. The highest BCUT2D eigenvalue weighted by Crippen LogP contribution is 2.30. The molecule has 3 aromatic heterocycles. The first-order valence-corrected chi connectivity index (χ1v) is 13.8. The van der Waals surface area contributed by atoms with Gasteiger partial charge in [0.1, 0.15) is 12.0 Å². The Hall–Kier alpha value is -5.75. The third-order valence-electron chi connectivity index (χ3n) is 7.74. The van der Waals surface area contributed by atoms with Crippen LogP contribution in [0.5, 0.6) is 0 Å². The van der Waals surface area contributed by atoms with Gasteiger partial charge in [0.2, 0.25) is 0 Å². The lowest BCUT2D eigenvalue weighted by Gasteiger charge is -2.10. The van der Waals surface area contributed by atoms with Gasteiger partial charge in [0.05, 0.1) is 5.69 Å². The molecule has 0 spiro atoms. The fourth-order valence-corrected chi connectivity index (χ4v) is 5.48.